The van der Waals surface area contributed by atoms with Gasteiger partial charge in [0.2, 0.25) is 0 Å². The first-order valence-electron chi connectivity index (χ1n) is 5.91. The van der Waals surface area contributed by atoms with Crippen LogP contribution in [0.25, 0.3) is 0 Å². The second kappa shape index (κ2) is 6.02. The van der Waals surface area contributed by atoms with E-state index in [4.69, 9.17) is 10.5 Å². The Kier molecular flexibility index (Phi) is 4.15. The van der Waals surface area contributed by atoms with E-state index in [1.54, 1.807) is 24.3 Å². The lowest BCUT2D eigenvalue weighted by atomic mass is 10.1. The van der Waals surface area contributed by atoms with Crippen LogP contribution in [0.4, 0.5) is 0 Å². The molecule has 0 aromatic heterocycles. The van der Waals surface area contributed by atoms with Crippen molar-refractivity contribution in [2.24, 2.45) is 5.73 Å². The molecular weight excluding hydrogens is 242 g/mol. The summed E-state index contributed by atoms with van der Waals surface area (Å²) in [6.45, 7) is 0.364. The third kappa shape index (κ3) is 3.33. The predicted octanol–water partition coefficient (Wildman–Crippen LogP) is 1.78. The molecule has 0 saturated heterocycles. The van der Waals surface area contributed by atoms with E-state index in [9.17, 15) is 9.90 Å². The van der Waals surface area contributed by atoms with Crippen LogP contribution in [0.5, 0.6) is 5.75 Å². The fourth-order valence-corrected chi connectivity index (χ4v) is 1.73. The Balaban J connectivity index is 2.14. The van der Waals surface area contributed by atoms with Crippen LogP contribution in [0, 0.1) is 0 Å². The van der Waals surface area contributed by atoms with Crippen LogP contribution in [0.3, 0.4) is 0 Å². The molecule has 19 heavy (non-hydrogen) atoms. The summed E-state index contributed by atoms with van der Waals surface area (Å²) >= 11 is 0. The van der Waals surface area contributed by atoms with Gasteiger partial charge in [-0.1, -0.05) is 48.5 Å². The molecule has 3 N–H and O–H groups in total. The Bertz CT molecular complexity index is 554. The van der Waals surface area contributed by atoms with E-state index in [0.29, 0.717) is 17.9 Å². The van der Waals surface area contributed by atoms with Crippen LogP contribution in [0.15, 0.2) is 54.6 Å². The molecule has 0 fully saturated rings. The maximum atomic E-state index is 11.0. The van der Waals surface area contributed by atoms with Gasteiger partial charge in [-0.3, -0.25) is 4.79 Å². The van der Waals surface area contributed by atoms with Crippen LogP contribution in [-0.4, -0.2) is 11.0 Å². The molecule has 0 aliphatic heterocycles. The van der Waals surface area contributed by atoms with Gasteiger partial charge >= 0.3 is 0 Å². The van der Waals surface area contributed by atoms with Crippen molar-refractivity contribution in [3.63, 3.8) is 0 Å². The zero-order chi connectivity index (χ0) is 13.7. The van der Waals surface area contributed by atoms with Crippen molar-refractivity contribution in [2.45, 2.75) is 12.7 Å². The molecule has 1 atom stereocenters. The lowest BCUT2D eigenvalue weighted by molar-refractivity contribution is -0.126. The van der Waals surface area contributed by atoms with E-state index in [0.717, 1.165) is 5.56 Å². The van der Waals surface area contributed by atoms with Crippen molar-refractivity contribution in [3.8, 4) is 5.75 Å². The second-order valence-corrected chi connectivity index (χ2v) is 4.12. The molecule has 0 aliphatic carbocycles. The van der Waals surface area contributed by atoms with Gasteiger partial charge in [0.15, 0.2) is 6.10 Å². The van der Waals surface area contributed by atoms with Gasteiger partial charge < -0.3 is 15.6 Å². The SMILES string of the molecule is NC(=O)C(O)c1ccccc1OCc1ccccc1. The quantitative estimate of drug-likeness (QED) is 0.857. The van der Waals surface area contributed by atoms with Gasteiger partial charge in [-0.05, 0) is 11.6 Å². The zero-order valence-corrected chi connectivity index (χ0v) is 10.3. The van der Waals surface area contributed by atoms with E-state index in [1.807, 2.05) is 30.3 Å². The normalized spacial score (nSPS) is 11.8. The number of benzene rings is 2. The number of para-hydroxylation sites is 1. The Morgan fingerprint density at radius 1 is 1.11 bits per heavy atom. The van der Waals surface area contributed by atoms with Gasteiger partial charge in [0, 0.05) is 5.56 Å². The average Bonchev–Trinajstić information content (AvgIpc) is 2.45. The number of hydrogen-bond donors (Lipinski definition) is 2. The number of primary amides is 1. The molecular formula is C15H15NO3. The highest BCUT2D eigenvalue weighted by Crippen LogP contribution is 2.25. The zero-order valence-electron chi connectivity index (χ0n) is 10.3. The third-order valence-electron chi connectivity index (χ3n) is 2.72. The molecule has 4 heteroatoms. The van der Waals surface area contributed by atoms with Gasteiger partial charge in [-0.25, -0.2) is 0 Å². The first kappa shape index (κ1) is 13.1. The summed E-state index contributed by atoms with van der Waals surface area (Å²) in [4.78, 5) is 11.0. The topological polar surface area (TPSA) is 72.6 Å². The number of hydrogen-bond acceptors (Lipinski definition) is 3. The smallest absolute Gasteiger partial charge is 0.251 e. The fourth-order valence-electron chi connectivity index (χ4n) is 1.73. The lowest BCUT2D eigenvalue weighted by Gasteiger charge is -2.14. The number of carbonyl (C=O) groups excluding carboxylic acids is 1. The highest BCUT2D eigenvalue weighted by Gasteiger charge is 2.18. The summed E-state index contributed by atoms with van der Waals surface area (Å²) in [6, 6.07) is 16.5. The average molecular weight is 257 g/mol. The Morgan fingerprint density at radius 2 is 1.74 bits per heavy atom. The van der Waals surface area contributed by atoms with Crippen molar-refractivity contribution in [2.75, 3.05) is 0 Å². The number of amides is 1. The highest BCUT2D eigenvalue weighted by molar-refractivity contribution is 5.80. The van der Waals surface area contributed by atoms with Crippen molar-refractivity contribution < 1.29 is 14.6 Å². The van der Waals surface area contributed by atoms with Gasteiger partial charge in [0.1, 0.15) is 12.4 Å². The number of aliphatic hydroxyl groups is 1. The molecule has 0 aliphatic rings. The van der Waals surface area contributed by atoms with E-state index in [2.05, 4.69) is 0 Å². The van der Waals surface area contributed by atoms with Gasteiger partial charge in [-0.2, -0.15) is 0 Å². The van der Waals surface area contributed by atoms with Gasteiger partial charge in [0.25, 0.3) is 5.91 Å². The van der Waals surface area contributed by atoms with Gasteiger partial charge in [0.05, 0.1) is 0 Å². The molecule has 2 aromatic rings. The van der Waals surface area contributed by atoms with Crippen LogP contribution < -0.4 is 10.5 Å². The lowest BCUT2D eigenvalue weighted by Crippen LogP contribution is -2.21. The van der Waals surface area contributed by atoms with Crippen LogP contribution in [0.1, 0.15) is 17.2 Å². The number of ether oxygens (including phenoxy) is 1. The molecule has 0 bridgehead atoms. The third-order valence-corrected chi connectivity index (χ3v) is 2.72. The summed E-state index contributed by atoms with van der Waals surface area (Å²) in [6.07, 6.45) is -1.35. The van der Waals surface area contributed by atoms with E-state index in [-0.39, 0.29) is 0 Å². The Labute approximate surface area is 111 Å². The van der Waals surface area contributed by atoms with Crippen molar-refractivity contribution in [1.82, 2.24) is 0 Å². The molecule has 1 unspecified atom stereocenters. The number of aliphatic hydroxyl groups excluding tert-OH is 1. The molecule has 2 aromatic carbocycles. The molecule has 4 nitrogen and oxygen atoms in total. The maximum Gasteiger partial charge on any atom is 0.251 e. The monoisotopic (exact) mass is 257 g/mol. The minimum atomic E-state index is -1.35. The predicted molar refractivity (Wildman–Crippen MR) is 71.4 cm³/mol. The molecule has 1 amide bonds. The van der Waals surface area contributed by atoms with Crippen LogP contribution >= 0.6 is 0 Å². The summed E-state index contributed by atoms with van der Waals surface area (Å²) < 4.78 is 5.63. The minimum Gasteiger partial charge on any atom is -0.489 e. The summed E-state index contributed by atoms with van der Waals surface area (Å²) in [7, 11) is 0. The number of nitrogens with two attached hydrogens (primary N) is 1. The Hall–Kier alpha value is -2.33. The second-order valence-electron chi connectivity index (χ2n) is 4.12. The molecule has 0 radical (unpaired) electrons. The molecule has 0 saturated carbocycles. The Morgan fingerprint density at radius 3 is 2.42 bits per heavy atom. The van der Waals surface area contributed by atoms with Crippen LogP contribution in [0.2, 0.25) is 0 Å². The molecule has 0 spiro atoms. The maximum absolute atomic E-state index is 11.0. The van der Waals surface area contributed by atoms with Crippen molar-refractivity contribution in [3.05, 3.63) is 65.7 Å². The van der Waals surface area contributed by atoms with Crippen molar-refractivity contribution in [1.29, 1.82) is 0 Å². The standard InChI is InChI=1S/C15H15NO3/c16-15(18)14(17)12-8-4-5-9-13(12)19-10-11-6-2-1-3-7-11/h1-9,14,17H,10H2,(H2,16,18). The number of carbonyl (C=O) groups is 1. The largest absolute Gasteiger partial charge is 0.489 e. The summed E-state index contributed by atoms with van der Waals surface area (Å²) in [5.74, 6) is -0.339. The minimum absolute atomic E-state index is 0.364. The fraction of sp³-hybridized carbons (Fsp3) is 0.133. The first-order chi connectivity index (χ1) is 9.18. The molecule has 98 valence electrons. The molecule has 0 heterocycles. The molecule has 2 rings (SSSR count). The summed E-state index contributed by atoms with van der Waals surface area (Å²) in [5.41, 5.74) is 6.49. The van der Waals surface area contributed by atoms with E-state index in [1.165, 1.54) is 0 Å². The van der Waals surface area contributed by atoms with Crippen LogP contribution in [-0.2, 0) is 11.4 Å². The highest BCUT2D eigenvalue weighted by atomic mass is 16.5. The number of rotatable bonds is 5. The van der Waals surface area contributed by atoms with Crippen molar-refractivity contribution >= 4 is 5.91 Å². The summed E-state index contributed by atoms with van der Waals surface area (Å²) in [5, 5.41) is 9.72. The van der Waals surface area contributed by atoms with E-state index < -0.39 is 12.0 Å². The van der Waals surface area contributed by atoms with E-state index >= 15 is 0 Å². The first-order valence-corrected chi connectivity index (χ1v) is 5.91. The van der Waals surface area contributed by atoms with Gasteiger partial charge in [-0.15, -0.1) is 0 Å².